The lowest BCUT2D eigenvalue weighted by atomic mass is 10.1. The summed E-state index contributed by atoms with van der Waals surface area (Å²) in [6, 6.07) is 19.1. The van der Waals surface area contributed by atoms with Gasteiger partial charge in [-0.1, -0.05) is 37.3 Å². The Morgan fingerprint density at radius 2 is 1.84 bits per heavy atom. The number of amides is 1. The molecule has 5 heteroatoms. The van der Waals surface area contributed by atoms with E-state index in [0.717, 1.165) is 23.4 Å². The van der Waals surface area contributed by atoms with Crippen molar-refractivity contribution in [3.8, 4) is 0 Å². The first-order valence-electron chi connectivity index (χ1n) is 8.22. The molecule has 0 spiro atoms. The van der Waals surface area contributed by atoms with E-state index in [0.29, 0.717) is 5.82 Å². The molecular formula is C20H20N4O. The molecule has 126 valence electrons. The standard InChI is InChI=1S/C20H20N4O/c1-3-15-8-4-5-10-17(15)22-19-12-11-18(23-24-19)20(25)21-16-9-6-7-14(2)13-16/h4-13H,3H2,1-2H3,(H,21,25)(H,22,24). The number of hydrogen-bond donors (Lipinski definition) is 2. The molecule has 0 atom stereocenters. The Balaban J connectivity index is 1.70. The molecule has 2 N–H and O–H groups in total. The predicted molar refractivity (Wildman–Crippen MR) is 100 cm³/mol. The highest BCUT2D eigenvalue weighted by atomic mass is 16.1. The van der Waals surface area contributed by atoms with E-state index in [4.69, 9.17) is 0 Å². The van der Waals surface area contributed by atoms with Crippen LogP contribution in [0.2, 0.25) is 0 Å². The third-order valence-electron chi connectivity index (χ3n) is 3.83. The second-order valence-electron chi connectivity index (χ2n) is 5.76. The number of carbonyl (C=O) groups excluding carboxylic acids is 1. The maximum atomic E-state index is 12.3. The topological polar surface area (TPSA) is 66.9 Å². The van der Waals surface area contributed by atoms with Crippen LogP contribution in [0.1, 0.15) is 28.5 Å². The van der Waals surface area contributed by atoms with Crippen molar-refractivity contribution in [2.75, 3.05) is 10.6 Å². The largest absolute Gasteiger partial charge is 0.339 e. The van der Waals surface area contributed by atoms with E-state index in [2.05, 4.69) is 33.8 Å². The minimum atomic E-state index is -0.279. The highest BCUT2D eigenvalue weighted by Crippen LogP contribution is 2.19. The molecule has 0 radical (unpaired) electrons. The first-order chi connectivity index (χ1) is 12.2. The summed E-state index contributed by atoms with van der Waals surface area (Å²) in [6.45, 7) is 4.08. The van der Waals surface area contributed by atoms with E-state index in [1.165, 1.54) is 5.56 Å². The minimum absolute atomic E-state index is 0.274. The molecule has 1 amide bonds. The lowest BCUT2D eigenvalue weighted by Crippen LogP contribution is -2.14. The lowest BCUT2D eigenvalue weighted by molar-refractivity contribution is 0.102. The van der Waals surface area contributed by atoms with Crippen molar-refractivity contribution < 1.29 is 4.79 Å². The van der Waals surface area contributed by atoms with Crippen molar-refractivity contribution in [1.29, 1.82) is 0 Å². The summed E-state index contributed by atoms with van der Waals surface area (Å²) in [7, 11) is 0. The predicted octanol–water partition coefficient (Wildman–Crippen LogP) is 4.34. The van der Waals surface area contributed by atoms with Crippen molar-refractivity contribution in [2.24, 2.45) is 0 Å². The van der Waals surface area contributed by atoms with Gasteiger partial charge in [0.1, 0.15) is 0 Å². The van der Waals surface area contributed by atoms with Gasteiger partial charge in [-0.25, -0.2) is 0 Å². The maximum Gasteiger partial charge on any atom is 0.276 e. The molecule has 2 aromatic carbocycles. The minimum Gasteiger partial charge on any atom is -0.339 e. The molecule has 1 aromatic heterocycles. The molecule has 25 heavy (non-hydrogen) atoms. The van der Waals surface area contributed by atoms with Gasteiger partial charge in [0.05, 0.1) is 0 Å². The Bertz CT molecular complexity index is 875. The zero-order valence-corrected chi connectivity index (χ0v) is 14.3. The molecule has 0 saturated carbocycles. The van der Waals surface area contributed by atoms with Gasteiger partial charge in [0.15, 0.2) is 11.5 Å². The summed E-state index contributed by atoms with van der Waals surface area (Å²) in [5, 5.41) is 14.2. The third-order valence-corrected chi connectivity index (χ3v) is 3.83. The number of hydrogen-bond acceptors (Lipinski definition) is 4. The zero-order valence-electron chi connectivity index (χ0n) is 14.3. The molecule has 0 unspecified atom stereocenters. The van der Waals surface area contributed by atoms with Crippen molar-refractivity contribution >= 4 is 23.1 Å². The van der Waals surface area contributed by atoms with Gasteiger partial charge < -0.3 is 10.6 Å². The fraction of sp³-hybridized carbons (Fsp3) is 0.150. The van der Waals surface area contributed by atoms with E-state index in [9.17, 15) is 4.79 Å². The van der Waals surface area contributed by atoms with Gasteiger partial charge in [-0.2, -0.15) is 0 Å². The number of benzene rings is 2. The summed E-state index contributed by atoms with van der Waals surface area (Å²) in [4.78, 5) is 12.3. The maximum absolute atomic E-state index is 12.3. The Hall–Kier alpha value is -3.21. The second-order valence-corrected chi connectivity index (χ2v) is 5.76. The molecule has 0 aliphatic rings. The van der Waals surface area contributed by atoms with Crippen molar-refractivity contribution in [3.05, 3.63) is 77.5 Å². The second kappa shape index (κ2) is 7.57. The van der Waals surface area contributed by atoms with E-state index in [1.54, 1.807) is 12.1 Å². The molecule has 0 aliphatic carbocycles. The van der Waals surface area contributed by atoms with Crippen LogP contribution in [-0.2, 0) is 6.42 Å². The molecule has 3 rings (SSSR count). The average molecular weight is 332 g/mol. The van der Waals surface area contributed by atoms with E-state index >= 15 is 0 Å². The third kappa shape index (κ3) is 4.20. The zero-order chi connectivity index (χ0) is 17.6. The summed E-state index contributed by atoms with van der Waals surface area (Å²) < 4.78 is 0. The SMILES string of the molecule is CCc1ccccc1Nc1ccc(C(=O)Nc2cccc(C)c2)nn1. The van der Waals surface area contributed by atoms with Crippen LogP contribution in [0.15, 0.2) is 60.7 Å². The van der Waals surface area contributed by atoms with Gasteiger partial charge in [-0.15, -0.1) is 10.2 Å². The molecule has 1 heterocycles. The summed E-state index contributed by atoms with van der Waals surface area (Å²) >= 11 is 0. The van der Waals surface area contributed by atoms with Crippen LogP contribution in [0.5, 0.6) is 0 Å². The van der Waals surface area contributed by atoms with E-state index in [-0.39, 0.29) is 11.6 Å². The van der Waals surface area contributed by atoms with Crippen LogP contribution >= 0.6 is 0 Å². The molecular weight excluding hydrogens is 312 g/mol. The number of nitrogens with zero attached hydrogens (tertiary/aromatic N) is 2. The van der Waals surface area contributed by atoms with Crippen LogP contribution in [0.4, 0.5) is 17.2 Å². The van der Waals surface area contributed by atoms with Gasteiger partial charge in [-0.05, 0) is 54.8 Å². The molecule has 5 nitrogen and oxygen atoms in total. The molecule has 3 aromatic rings. The fourth-order valence-corrected chi connectivity index (χ4v) is 2.53. The number of anilines is 3. The Kier molecular flexibility index (Phi) is 5.04. The molecule has 0 aliphatic heterocycles. The smallest absolute Gasteiger partial charge is 0.276 e. The Morgan fingerprint density at radius 1 is 1.00 bits per heavy atom. The number of para-hydroxylation sites is 1. The van der Waals surface area contributed by atoms with E-state index in [1.807, 2.05) is 49.4 Å². The fourth-order valence-electron chi connectivity index (χ4n) is 2.53. The normalized spacial score (nSPS) is 10.3. The number of rotatable bonds is 5. The monoisotopic (exact) mass is 332 g/mol. The summed E-state index contributed by atoms with van der Waals surface area (Å²) in [6.07, 6.45) is 0.924. The molecule has 0 fully saturated rings. The van der Waals surface area contributed by atoms with Crippen molar-refractivity contribution in [3.63, 3.8) is 0 Å². The van der Waals surface area contributed by atoms with Crippen LogP contribution in [0.3, 0.4) is 0 Å². The Morgan fingerprint density at radius 3 is 2.56 bits per heavy atom. The van der Waals surface area contributed by atoms with E-state index < -0.39 is 0 Å². The number of nitrogens with one attached hydrogen (secondary N) is 2. The van der Waals surface area contributed by atoms with Crippen molar-refractivity contribution in [1.82, 2.24) is 10.2 Å². The van der Waals surface area contributed by atoms with Gasteiger partial charge in [-0.3, -0.25) is 4.79 Å². The molecule has 0 saturated heterocycles. The summed E-state index contributed by atoms with van der Waals surface area (Å²) in [5.41, 5.74) is 4.29. The highest BCUT2D eigenvalue weighted by molar-refractivity contribution is 6.02. The lowest BCUT2D eigenvalue weighted by Gasteiger charge is -2.10. The number of carbonyl (C=O) groups is 1. The van der Waals surface area contributed by atoms with Crippen LogP contribution < -0.4 is 10.6 Å². The van der Waals surface area contributed by atoms with Crippen molar-refractivity contribution in [2.45, 2.75) is 20.3 Å². The van der Waals surface area contributed by atoms with Gasteiger partial charge >= 0.3 is 0 Å². The highest BCUT2D eigenvalue weighted by Gasteiger charge is 2.09. The quantitative estimate of drug-likeness (QED) is 0.729. The van der Waals surface area contributed by atoms with Crippen LogP contribution in [0, 0.1) is 6.92 Å². The van der Waals surface area contributed by atoms with Gasteiger partial charge in [0.2, 0.25) is 0 Å². The first-order valence-corrected chi connectivity index (χ1v) is 8.22. The Labute approximate surface area is 147 Å². The molecule has 0 bridgehead atoms. The van der Waals surface area contributed by atoms with Crippen LogP contribution in [0.25, 0.3) is 0 Å². The summed E-state index contributed by atoms with van der Waals surface area (Å²) in [5.74, 6) is 0.326. The average Bonchev–Trinajstić information content (AvgIpc) is 2.63. The number of aromatic nitrogens is 2. The van der Waals surface area contributed by atoms with Gasteiger partial charge in [0, 0.05) is 11.4 Å². The van der Waals surface area contributed by atoms with Gasteiger partial charge in [0.25, 0.3) is 5.91 Å². The number of aryl methyl sites for hydroxylation is 2. The van der Waals surface area contributed by atoms with Crippen LogP contribution in [-0.4, -0.2) is 16.1 Å². The first kappa shape index (κ1) is 16.6.